The number of alkyl halides is 2. The number of rotatable bonds is 6. The third-order valence-electron chi connectivity index (χ3n) is 2.75. The van der Waals surface area contributed by atoms with Crippen molar-refractivity contribution in [3.63, 3.8) is 0 Å². The SMILES string of the molecule is CCC(C)CNCc1ccc(C(F)F)cc1. The summed E-state index contributed by atoms with van der Waals surface area (Å²) in [5.74, 6) is 0.653. The van der Waals surface area contributed by atoms with Crippen LogP contribution in [-0.2, 0) is 6.54 Å². The molecule has 16 heavy (non-hydrogen) atoms. The first-order valence-corrected chi connectivity index (χ1v) is 5.71. The lowest BCUT2D eigenvalue weighted by atomic mass is 10.1. The van der Waals surface area contributed by atoms with E-state index >= 15 is 0 Å². The van der Waals surface area contributed by atoms with E-state index in [9.17, 15) is 8.78 Å². The van der Waals surface area contributed by atoms with Gasteiger partial charge in [-0.05, 0) is 18.0 Å². The second kappa shape index (κ2) is 6.59. The third-order valence-corrected chi connectivity index (χ3v) is 2.75. The summed E-state index contributed by atoms with van der Waals surface area (Å²) in [6.07, 6.45) is -1.22. The molecule has 0 spiro atoms. The van der Waals surface area contributed by atoms with Crippen molar-refractivity contribution < 1.29 is 8.78 Å². The summed E-state index contributed by atoms with van der Waals surface area (Å²) in [5.41, 5.74) is 1.14. The monoisotopic (exact) mass is 227 g/mol. The highest BCUT2D eigenvalue weighted by Gasteiger charge is 2.05. The summed E-state index contributed by atoms with van der Waals surface area (Å²) in [7, 11) is 0. The molecule has 0 bridgehead atoms. The van der Waals surface area contributed by atoms with Gasteiger partial charge >= 0.3 is 0 Å². The second-order valence-electron chi connectivity index (χ2n) is 4.19. The topological polar surface area (TPSA) is 12.0 Å². The summed E-state index contributed by atoms with van der Waals surface area (Å²) in [5, 5.41) is 3.31. The average Bonchev–Trinajstić information content (AvgIpc) is 2.29. The van der Waals surface area contributed by atoms with E-state index in [0.29, 0.717) is 5.92 Å². The van der Waals surface area contributed by atoms with Crippen molar-refractivity contribution in [2.75, 3.05) is 6.54 Å². The van der Waals surface area contributed by atoms with E-state index in [1.165, 1.54) is 12.1 Å². The van der Waals surface area contributed by atoms with Gasteiger partial charge in [-0.2, -0.15) is 0 Å². The Bertz CT molecular complexity index is 295. The molecule has 90 valence electrons. The van der Waals surface area contributed by atoms with Gasteiger partial charge in [-0.3, -0.25) is 0 Å². The Morgan fingerprint density at radius 3 is 2.31 bits per heavy atom. The molecule has 0 amide bonds. The molecular formula is C13H19F2N. The molecule has 0 aliphatic rings. The molecule has 3 heteroatoms. The molecule has 1 nitrogen and oxygen atoms in total. The Balaban J connectivity index is 2.38. The first-order chi connectivity index (χ1) is 7.63. The fourth-order valence-electron chi connectivity index (χ4n) is 1.39. The van der Waals surface area contributed by atoms with Crippen LogP contribution in [0.5, 0.6) is 0 Å². The lowest BCUT2D eigenvalue weighted by Crippen LogP contribution is -2.20. The van der Waals surface area contributed by atoms with E-state index in [-0.39, 0.29) is 5.56 Å². The molecule has 1 N–H and O–H groups in total. The Morgan fingerprint density at radius 2 is 1.81 bits per heavy atom. The number of hydrogen-bond donors (Lipinski definition) is 1. The molecule has 1 unspecified atom stereocenters. The molecule has 1 atom stereocenters. The van der Waals surface area contributed by atoms with Crippen LogP contribution in [-0.4, -0.2) is 6.54 Å². The molecule has 0 fully saturated rings. The largest absolute Gasteiger partial charge is 0.312 e. The molecule has 0 aliphatic heterocycles. The van der Waals surface area contributed by atoms with Crippen LogP contribution in [0.4, 0.5) is 8.78 Å². The smallest absolute Gasteiger partial charge is 0.263 e. The summed E-state index contributed by atoms with van der Waals surface area (Å²) in [6, 6.07) is 6.49. The number of nitrogens with one attached hydrogen (secondary N) is 1. The summed E-state index contributed by atoms with van der Waals surface area (Å²) >= 11 is 0. The van der Waals surface area contributed by atoms with Crippen LogP contribution >= 0.6 is 0 Å². The molecular weight excluding hydrogens is 208 g/mol. The highest BCUT2D eigenvalue weighted by molar-refractivity contribution is 5.23. The minimum Gasteiger partial charge on any atom is -0.312 e. The van der Waals surface area contributed by atoms with Crippen LogP contribution in [0, 0.1) is 5.92 Å². The Kier molecular flexibility index (Phi) is 5.39. The van der Waals surface area contributed by atoms with Gasteiger partial charge in [-0.15, -0.1) is 0 Å². The van der Waals surface area contributed by atoms with E-state index in [2.05, 4.69) is 19.2 Å². The maximum absolute atomic E-state index is 12.3. The first-order valence-electron chi connectivity index (χ1n) is 5.71. The van der Waals surface area contributed by atoms with Crippen molar-refractivity contribution in [1.29, 1.82) is 0 Å². The summed E-state index contributed by atoms with van der Waals surface area (Å²) in [4.78, 5) is 0. The zero-order valence-corrected chi connectivity index (χ0v) is 9.84. The third kappa shape index (κ3) is 4.27. The molecule has 0 heterocycles. The molecule has 0 saturated carbocycles. The first kappa shape index (κ1) is 13.1. The van der Waals surface area contributed by atoms with Gasteiger partial charge < -0.3 is 5.32 Å². The van der Waals surface area contributed by atoms with Gasteiger partial charge in [-0.1, -0.05) is 44.5 Å². The standard InChI is InChI=1S/C13H19F2N/c1-3-10(2)8-16-9-11-4-6-12(7-5-11)13(14)15/h4-7,10,13,16H,3,8-9H2,1-2H3. The molecule has 0 radical (unpaired) electrons. The van der Waals surface area contributed by atoms with Crippen LogP contribution in [0.1, 0.15) is 37.8 Å². The van der Waals surface area contributed by atoms with Gasteiger partial charge in [0.15, 0.2) is 0 Å². The minimum atomic E-state index is -2.37. The van der Waals surface area contributed by atoms with Crippen molar-refractivity contribution in [2.45, 2.75) is 33.2 Å². The number of halogens is 2. The van der Waals surface area contributed by atoms with Crippen LogP contribution in [0.3, 0.4) is 0 Å². The molecule has 1 rings (SSSR count). The Morgan fingerprint density at radius 1 is 1.19 bits per heavy atom. The van der Waals surface area contributed by atoms with Crippen LogP contribution in [0.2, 0.25) is 0 Å². The highest BCUT2D eigenvalue weighted by Crippen LogP contribution is 2.18. The van der Waals surface area contributed by atoms with Crippen LogP contribution in [0.15, 0.2) is 24.3 Å². The highest BCUT2D eigenvalue weighted by atomic mass is 19.3. The fourth-order valence-corrected chi connectivity index (χ4v) is 1.39. The molecule has 0 aromatic heterocycles. The molecule has 0 saturated heterocycles. The van der Waals surface area contributed by atoms with Gasteiger partial charge in [0.05, 0.1) is 0 Å². The Labute approximate surface area is 95.9 Å². The number of hydrogen-bond acceptors (Lipinski definition) is 1. The normalized spacial score (nSPS) is 13.1. The van der Waals surface area contributed by atoms with E-state index < -0.39 is 6.43 Å². The zero-order chi connectivity index (χ0) is 12.0. The maximum Gasteiger partial charge on any atom is 0.263 e. The van der Waals surface area contributed by atoms with Crippen molar-refractivity contribution in [1.82, 2.24) is 5.32 Å². The van der Waals surface area contributed by atoms with Crippen molar-refractivity contribution in [2.24, 2.45) is 5.92 Å². The summed E-state index contributed by atoms with van der Waals surface area (Å²) in [6.45, 7) is 6.05. The van der Waals surface area contributed by atoms with Gasteiger partial charge in [-0.25, -0.2) is 8.78 Å². The van der Waals surface area contributed by atoms with Crippen molar-refractivity contribution >= 4 is 0 Å². The predicted molar refractivity (Wildman–Crippen MR) is 62.6 cm³/mol. The minimum absolute atomic E-state index is 0.0886. The Hall–Kier alpha value is -0.960. The van der Waals surface area contributed by atoms with Gasteiger partial charge in [0, 0.05) is 12.1 Å². The van der Waals surface area contributed by atoms with E-state index in [1.807, 2.05) is 0 Å². The second-order valence-corrected chi connectivity index (χ2v) is 4.19. The van der Waals surface area contributed by atoms with Crippen LogP contribution < -0.4 is 5.32 Å². The maximum atomic E-state index is 12.3. The molecule has 1 aromatic rings. The quantitative estimate of drug-likeness (QED) is 0.780. The van der Waals surface area contributed by atoms with Gasteiger partial charge in [0.2, 0.25) is 0 Å². The lowest BCUT2D eigenvalue weighted by Gasteiger charge is -2.10. The predicted octanol–water partition coefficient (Wildman–Crippen LogP) is 3.76. The molecule has 1 aromatic carbocycles. The van der Waals surface area contributed by atoms with Crippen molar-refractivity contribution in [3.8, 4) is 0 Å². The van der Waals surface area contributed by atoms with E-state index in [1.54, 1.807) is 12.1 Å². The van der Waals surface area contributed by atoms with Gasteiger partial charge in [0.1, 0.15) is 0 Å². The number of benzene rings is 1. The van der Waals surface area contributed by atoms with E-state index in [0.717, 1.165) is 25.1 Å². The van der Waals surface area contributed by atoms with Gasteiger partial charge in [0.25, 0.3) is 6.43 Å². The summed E-state index contributed by atoms with van der Waals surface area (Å²) < 4.78 is 24.6. The zero-order valence-electron chi connectivity index (χ0n) is 9.84. The van der Waals surface area contributed by atoms with E-state index in [4.69, 9.17) is 0 Å². The fraction of sp³-hybridized carbons (Fsp3) is 0.538. The van der Waals surface area contributed by atoms with Crippen molar-refractivity contribution in [3.05, 3.63) is 35.4 Å². The van der Waals surface area contributed by atoms with Crippen LogP contribution in [0.25, 0.3) is 0 Å². The molecule has 0 aliphatic carbocycles. The lowest BCUT2D eigenvalue weighted by molar-refractivity contribution is 0.151. The average molecular weight is 227 g/mol.